The maximum atomic E-state index is 13.8. The molecule has 4 atom stereocenters. The van der Waals surface area contributed by atoms with E-state index in [1.54, 1.807) is 42.5 Å². The number of phenols is 2. The van der Waals surface area contributed by atoms with Gasteiger partial charge in [0.1, 0.15) is 46.9 Å². The zero-order valence-electron chi connectivity index (χ0n) is 72.8. The predicted molar refractivity (Wildman–Crippen MR) is 476 cm³/mol. The van der Waals surface area contributed by atoms with Crippen LogP contribution in [-0.4, -0.2) is 322 Å². The SMILES string of the molecule is NC(N)=NCCC[C@H](NC(=O)CCOCCOCCOCCOCCOCCOCCOCCOCCNC(=O)c1ccc(OC(=O)CCOCCOCCOCCOCCOCCOCCNC(=S)Nc2ccc3c(c2)C(=O)OC32c3ccc(O)cc3Oc3cc(O)ccc32)cc1)C(=O)N[C@@H](CCCN=C(N)N)C(=O)NCC(=O)N[C@@H](CC1CNc2ccccc21)C(=O)O. The van der Waals surface area contributed by atoms with E-state index >= 15 is 0 Å². The molecule has 0 aliphatic carbocycles. The van der Waals surface area contributed by atoms with Gasteiger partial charge in [0.25, 0.3) is 5.91 Å². The van der Waals surface area contributed by atoms with E-state index in [-0.39, 0.29) is 139 Å². The minimum atomic E-state index is -1.36. The lowest BCUT2D eigenvalue weighted by Gasteiger charge is -2.36. The van der Waals surface area contributed by atoms with Gasteiger partial charge in [-0.2, -0.15) is 0 Å². The number of guanidine groups is 2. The number of thiocarbonyl (C=S) groups is 1. The Morgan fingerprint density at radius 2 is 0.938 bits per heavy atom. The van der Waals surface area contributed by atoms with Gasteiger partial charge in [-0.05, 0) is 117 Å². The number of carboxylic acid groups (broad SMARTS) is 1. The highest BCUT2D eigenvalue weighted by Crippen LogP contribution is 2.57. The number of carboxylic acids is 1. The highest BCUT2D eigenvalue weighted by Gasteiger charge is 2.54. The number of aliphatic carboxylic acids is 1. The summed E-state index contributed by atoms with van der Waals surface area (Å²) >= 11 is 5.49. The monoisotopic (exact) mass is 1840 g/mol. The minimum absolute atomic E-state index is 0.00797. The maximum absolute atomic E-state index is 13.8. The first kappa shape index (κ1) is 104. The van der Waals surface area contributed by atoms with Gasteiger partial charge < -0.3 is 161 Å². The number of esters is 2. The van der Waals surface area contributed by atoms with Crippen molar-refractivity contribution < 1.29 is 134 Å². The fourth-order valence-corrected chi connectivity index (χ4v) is 13.5. The third-order valence-electron chi connectivity index (χ3n) is 19.5. The van der Waals surface area contributed by atoms with Gasteiger partial charge in [0.05, 0.1) is 204 Å². The summed E-state index contributed by atoms with van der Waals surface area (Å²) in [4.78, 5) is 112. The summed E-state index contributed by atoms with van der Waals surface area (Å²) in [7, 11) is 0. The Labute approximate surface area is 758 Å². The second kappa shape index (κ2) is 59.8. The number of phenolic OH excluding ortho intramolecular Hbond substituents is 2. The van der Waals surface area contributed by atoms with Crippen LogP contribution in [0.15, 0.2) is 113 Å². The lowest BCUT2D eigenvalue weighted by molar-refractivity contribution is -0.142. The first-order valence-electron chi connectivity index (χ1n) is 42.9. The van der Waals surface area contributed by atoms with Crippen LogP contribution in [0.4, 0.5) is 11.4 Å². The van der Waals surface area contributed by atoms with Gasteiger partial charge >= 0.3 is 17.9 Å². The predicted octanol–water partition coefficient (Wildman–Crippen LogP) is 1.66. The summed E-state index contributed by atoms with van der Waals surface area (Å²) in [6.07, 6.45) is 0.644. The number of nitrogens with two attached hydrogens (primary N) is 4. The molecule has 0 saturated heterocycles. The molecular formula is C87H122N14O28S. The number of nitrogens with zero attached hydrogens (tertiary/aromatic N) is 2. The molecule has 3 heterocycles. The van der Waals surface area contributed by atoms with Gasteiger partial charge in [-0.15, -0.1) is 0 Å². The molecule has 43 heteroatoms. The number of hydrogen-bond donors (Lipinski definition) is 15. The number of fused-ring (bicyclic) bond motifs is 7. The molecule has 0 saturated carbocycles. The molecule has 3 aliphatic rings. The van der Waals surface area contributed by atoms with Crippen LogP contribution in [0.1, 0.15) is 93.8 Å². The van der Waals surface area contributed by atoms with E-state index in [0.29, 0.717) is 214 Å². The molecule has 0 bridgehead atoms. The number of hydrogen-bond acceptors (Lipinski definition) is 31. The normalized spacial score (nSPS) is 13.7. The smallest absolute Gasteiger partial charge is 0.340 e. The standard InChI is InChI=1S/C87H122N14O28S/c88-84(89)93-21-3-7-71(80(108)97-58-77(105)100-73(82(110)111)53-60-57-96-70-6-2-1-5-65(60)70)101-81(109)72(8-4-22-94-85(90)91)99-76(104)19-25-113-29-33-117-37-41-121-46-49-125-51-52-126-50-48-123-43-39-119-35-31-115-27-23-92-79(107)59-9-14-64(15-10-59)127-78(106)20-26-114-30-34-118-38-42-122-45-47-124-44-40-120-36-32-116-28-24-95-86(130)98-61-11-16-67-66(54-61)83(112)129-87(67)68-17-12-62(102)55-74(68)128-75-56-63(103)13-18-69(75)87/h1-2,5-6,9-18,54-56,60,71-73,96,102-103H,3-4,7-8,19-53,57-58H2,(H,92,107)(H,97,108)(H,99,104)(H,100,105)(H,101,109)(H,110,111)(H4,88,89,93)(H4,90,91,94)(H2,95,98,130)/t60?,71-,72-,73-/m0/s1. The van der Waals surface area contributed by atoms with Crippen molar-refractivity contribution in [2.75, 3.05) is 235 Å². The van der Waals surface area contributed by atoms with Crippen molar-refractivity contribution in [3.8, 4) is 28.7 Å². The molecule has 5 aromatic rings. The number of nitrogens with one attached hydrogen (secondary N) is 8. The molecule has 0 radical (unpaired) electrons. The topological polar surface area (TPSA) is 579 Å². The van der Waals surface area contributed by atoms with Crippen LogP contribution in [0.3, 0.4) is 0 Å². The lowest BCUT2D eigenvalue weighted by Crippen LogP contribution is -2.55. The van der Waals surface area contributed by atoms with E-state index in [4.69, 9.17) is 116 Å². The van der Waals surface area contributed by atoms with Crippen LogP contribution >= 0.6 is 12.2 Å². The fourth-order valence-electron chi connectivity index (χ4n) is 13.2. The Kier molecular flexibility index (Phi) is 47.9. The largest absolute Gasteiger partial charge is 0.508 e. The molecule has 5 aromatic carbocycles. The van der Waals surface area contributed by atoms with E-state index < -0.39 is 71.8 Å². The van der Waals surface area contributed by atoms with Gasteiger partial charge in [-0.1, -0.05) is 24.3 Å². The molecule has 1 unspecified atom stereocenters. The van der Waals surface area contributed by atoms with E-state index in [2.05, 4.69) is 52.5 Å². The highest BCUT2D eigenvalue weighted by atomic mass is 32.1. The van der Waals surface area contributed by atoms with Crippen molar-refractivity contribution in [3.05, 3.63) is 137 Å². The van der Waals surface area contributed by atoms with E-state index in [0.717, 1.165) is 11.3 Å². The molecule has 0 aromatic heterocycles. The number of carbonyl (C=O) groups excluding carboxylic acids is 7. The number of benzene rings is 5. The number of rotatable bonds is 69. The Hall–Kier alpha value is -11.3. The van der Waals surface area contributed by atoms with Gasteiger partial charge in [0.2, 0.25) is 23.6 Å². The van der Waals surface area contributed by atoms with Crippen LogP contribution in [0.5, 0.6) is 28.7 Å². The Bertz CT molecular complexity index is 4350. The summed E-state index contributed by atoms with van der Waals surface area (Å²) in [5.41, 5.74) is 25.3. The average Bonchev–Trinajstić information content (AvgIpc) is 1.46. The van der Waals surface area contributed by atoms with Crippen molar-refractivity contribution in [2.24, 2.45) is 32.9 Å². The number of carbonyl (C=O) groups is 8. The van der Waals surface area contributed by atoms with Crippen LogP contribution in [0.25, 0.3) is 0 Å². The van der Waals surface area contributed by atoms with Crippen molar-refractivity contribution >= 4 is 88.1 Å². The van der Waals surface area contributed by atoms with Crippen molar-refractivity contribution in [2.45, 2.75) is 74.6 Å². The second-order valence-electron chi connectivity index (χ2n) is 29.2. The van der Waals surface area contributed by atoms with Crippen LogP contribution in [0, 0.1) is 0 Å². The number of anilines is 2. The summed E-state index contributed by atoms with van der Waals surface area (Å²) in [6.45, 7) is 9.85. The van der Waals surface area contributed by atoms with Crippen LogP contribution < -0.4 is 74.9 Å². The minimum Gasteiger partial charge on any atom is -0.508 e. The molecule has 1 spiro atoms. The lowest BCUT2D eigenvalue weighted by atomic mass is 9.77. The Morgan fingerprint density at radius 3 is 1.43 bits per heavy atom. The summed E-state index contributed by atoms with van der Waals surface area (Å²) in [6, 6.07) is 24.5. The molecular weight excluding hydrogens is 1720 g/mol. The van der Waals surface area contributed by atoms with E-state index in [1.807, 2.05) is 24.3 Å². The third-order valence-corrected chi connectivity index (χ3v) is 19.8. The third kappa shape index (κ3) is 38.4. The van der Waals surface area contributed by atoms with Crippen LogP contribution in [0.2, 0.25) is 0 Å². The average molecular weight is 1840 g/mol. The fraction of sp³-hybridized carbons (Fsp3) is 0.529. The molecule has 19 N–H and O–H groups in total. The van der Waals surface area contributed by atoms with E-state index in [1.165, 1.54) is 36.4 Å². The zero-order valence-corrected chi connectivity index (χ0v) is 73.6. The van der Waals surface area contributed by atoms with Gasteiger partial charge in [0, 0.05) is 90.8 Å². The molecule has 8 rings (SSSR count). The molecule has 5 amide bonds. The summed E-state index contributed by atoms with van der Waals surface area (Å²) in [5, 5.41) is 53.2. The molecule has 130 heavy (non-hydrogen) atoms. The van der Waals surface area contributed by atoms with Crippen molar-refractivity contribution in [1.82, 2.24) is 31.9 Å². The Morgan fingerprint density at radius 1 is 0.492 bits per heavy atom. The number of ether oxygens (including phenoxy) is 17. The van der Waals surface area contributed by atoms with Crippen LogP contribution in [-0.2, 0) is 105 Å². The molecule has 0 fully saturated rings. The molecule has 714 valence electrons. The number of aromatic hydroxyl groups is 2. The Balaban J connectivity index is 0.519. The zero-order chi connectivity index (χ0) is 92.8. The number of amides is 5. The number of aliphatic imine (C=N–C) groups is 2. The second-order valence-corrected chi connectivity index (χ2v) is 29.6. The highest BCUT2D eigenvalue weighted by molar-refractivity contribution is 7.80. The van der Waals surface area contributed by atoms with Crippen molar-refractivity contribution in [1.29, 1.82) is 0 Å². The first-order valence-corrected chi connectivity index (χ1v) is 43.4. The quantitative estimate of drug-likeness (QED) is 0.00657. The van der Waals surface area contributed by atoms with Gasteiger partial charge in [-0.3, -0.25) is 38.8 Å². The molecule has 3 aliphatic heterocycles. The summed E-state index contributed by atoms with van der Waals surface area (Å²) in [5.74, 6) is -5.00. The first-order chi connectivity index (χ1) is 63.2. The van der Waals surface area contributed by atoms with Gasteiger partial charge in [0.15, 0.2) is 22.6 Å². The van der Waals surface area contributed by atoms with Crippen molar-refractivity contribution in [3.63, 3.8) is 0 Å². The number of para-hydroxylation sites is 1. The van der Waals surface area contributed by atoms with E-state index in [9.17, 15) is 53.7 Å². The van der Waals surface area contributed by atoms with Gasteiger partial charge in [-0.25, -0.2) is 9.59 Å². The summed E-state index contributed by atoms with van der Waals surface area (Å²) < 4.78 is 95.3. The molecule has 42 nitrogen and oxygen atoms in total. The maximum Gasteiger partial charge on any atom is 0.340 e.